The summed E-state index contributed by atoms with van der Waals surface area (Å²) in [5, 5.41) is 0. The lowest BCUT2D eigenvalue weighted by atomic mass is 9.96. The highest BCUT2D eigenvalue weighted by molar-refractivity contribution is 6.00. The van der Waals surface area contributed by atoms with Crippen molar-refractivity contribution in [1.29, 1.82) is 0 Å². The summed E-state index contributed by atoms with van der Waals surface area (Å²) in [5.74, 6) is -1.68. The molecule has 0 aromatic heterocycles. The third kappa shape index (κ3) is 2.84. The fourth-order valence-electron chi connectivity index (χ4n) is 1.44. The van der Waals surface area contributed by atoms with Gasteiger partial charge in [-0.15, -0.1) is 0 Å². The molecule has 0 heterocycles. The summed E-state index contributed by atoms with van der Waals surface area (Å²) < 4.78 is 36.7. The van der Waals surface area contributed by atoms with Gasteiger partial charge >= 0.3 is 6.18 Å². The summed E-state index contributed by atoms with van der Waals surface area (Å²) in [6, 6.07) is 4.37. The second kappa shape index (κ2) is 4.28. The van der Waals surface area contributed by atoms with Crippen LogP contribution in [0, 0.1) is 6.92 Å². The van der Waals surface area contributed by atoms with Crippen LogP contribution in [0.4, 0.5) is 13.2 Å². The van der Waals surface area contributed by atoms with E-state index < -0.39 is 12.0 Å². The van der Waals surface area contributed by atoms with E-state index in [1.54, 1.807) is 13.0 Å². The Morgan fingerprint density at radius 1 is 1.19 bits per heavy atom. The number of hydrogen-bond donors (Lipinski definition) is 0. The number of carbonyl (C=O) groups excluding carboxylic acids is 1. The van der Waals surface area contributed by atoms with Crippen LogP contribution in [0.2, 0.25) is 0 Å². The fraction of sp³-hybridized carbons (Fsp3) is 0.417. The van der Waals surface area contributed by atoms with Gasteiger partial charge in [-0.3, -0.25) is 4.79 Å². The summed E-state index contributed by atoms with van der Waals surface area (Å²) >= 11 is 0. The average Bonchev–Trinajstić information content (AvgIpc) is 2.14. The third-order valence-corrected chi connectivity index (χ3v) is 2.29. The second-order valence-corrected chi connectivity index (χ2v) is 4.11. The van der Waals surface area contributed by atoms with Gasteiger partial charge in [0.1, 0.15) is 0 Å². The molecule has 1 aromatic carbocycles. The molecule has 0 atom stereocenters. The lowest BCUT2D eigenvalue weighted by Crippen LogP contribution is -2.23. The van der Waals surface area contributed by atoms with Gasteiger partial charge in [-0.25, -0.2) is 0 Å². The van der Waals surface area contributed by atoms with Gasteiger partial charge in [0.2, 0.25) is 0 Å². The van der Waals surface area contributed by atoms with Gasteiger partial charge in [-0.2, -0.15) is 13.2 Å². The van der Waals surface area contributed by atoms with Crippen LogP contribution in [-0.2, 0) is 0 Å². The minimum Gasteiger partial charge on any atom is -0.284 e. The van der Waals surface area contributed by atoms with Crippen molar-refractivity contribution >= 4 is 5.78 Å². The standard InChI is InChI=1S/C12H13F3O/c1-7(2)9-4-8(3)5-10(6-9)11(16)12(13,14)15/h4-7H,1-3H3. The number of rotatable bonds is 2. The Kier molecular flexibility index (Phi) is 3.41. The molecule has 0 saturated carbocycles. The van der Waals surface area contributed by atoms with Gasteiger partial charge < -0.3 is 0 Å². The van der Waals surface area contributed by atoms with Gasteiger partial charge in [-0.05, 0) is 30.5 Å². The van der Waals surface area contributed by atoms with Crippen LogP contribution in [0.5, 0.6) is 0 Å². The number of benzene rings is 1. The highest BCUT2D eigenvalue weighted by atomic mass is 19.4. The Morgan fingerprint density at radius 3 is 2.19 bits per heavy atom. The maximum absolute atomic E-state index is 12.2. The van der Waals surface area contributed by atoms with E-state index in [1.165, 1.54) is 12.1 Å². The zero-order valence-corrected chi connectivity index (χ0v) is 9.35. The SMILES string of the molecule is Cc1cc(C(=O)C(F)(F)F)cc(C(C)C)c1. The van der Waals surface area contributed by atoms with Crippen LogP contribution in [0.15, 0.2) is 18.2 Å². The Bertz CT molecular complexity index is 405. The van der Waals surface area contributed by atoms with Crippen LogP contribution in [0.3, 0.4) is 0 Å². The van der Waals surface area contributed by atoms with E-state index in [2.05, 4.69) is 0 Å². The van der Waals surface area contributed by atoms with Crippen molar-refractivity contribution in [2.75, 3.05) is 0 Å². The molecule has 1 aromatic rings. The first-order valence-electron chi connectivity index (χ1n) is 4.95. The zero-order chi connectivity index (χ0) is 12.5. The largest absolute Gasteiger partial charge is 0.454 e. The summed E-state index contributed by atoms with van der Waals surface area (Å²) in [6.45, 7) is 5.42. The van der Waals surface area contributed by atoms with Gasteiger partial charge in [0.15, 0.2) is 0 Å². The van der Waals surface area contributed by atoms with Crippen LogP contribution < -0.4 is 0 Å². The summed E-state index contributed by atoms with van der Waals surface area (Å²) in [5.41, 5.74) is 1.13. The number of aryl methyl sites for hydroxylation is 1. The Labute approximate surface area is 92.3 Å². The number of alkyl halides is 3. The summed E-state index contributed by atoms with van der Waals surface area (Å²) in [4.78, 5) is 11.1. The monoisotopic (exact) mass is 230 g/mol. The molecule has 0 amide bonds. The minimum absolute atomic E-state index is 0.0969. The van der Waals surface area contributed by atoms with Gasteiger partial charge in [0, 0.05) is 5.56 Å². The van der Waals surface area contributed by atoms with Gasteiger partial charge in [-0.1, -0.05) is 25.5 Å². The van der Waals surface area contributed by atoms with E-state index >= 15 is 0 Å². The third-order valence-electron chi connectivity index (χ3n) is 2.29. The van der Waals surface area contributed by atoms with Crippen molar-refractivity contribution in [3.63, 3.8) is 0 Å². The van der Waals surface area contributed by atoms with E-state index in [0.29, 0.717) is 5.56 Å². The fourth-order valence-corrected chi connectivity index (χ4v) is 1.44. The molecule has 0 aliphatic heterocycles. The lowest BCUT2D eigenvalue weighted by molar-refractivity contribution is -0.0885. The molecule has 0 aliphatic rings. The maximum Gasteiger partial charge on any atom is 0.454 e. The van der Waals surface area contributed by atoms with Crippen molar-refractivity contribution in [2.45, 2.75) is 32.9 Å². The molecule has 0 radical (unpaired) electrons. The number of halogens is 3. The molecule has 0 unspecified atom stereocenters. The van der Waals surface area contributed by atoms with Crippen molar-refractivity contribution in [3.05, 3.63) is 34.9 Å². The van der Waals surface area contributed by atoms with E-state index in [9.17, 15) is 18.0 Å². The molecule has 0 spiro atoms. The van der Waals surface area contributed by atoms with Crippen LogP contribution in [0.1, 0.15) is 41.3 Å². The molecule has 0 saturated heterocycles. The summed E-state index contributed by atoms with van der Waals surface area (Å²) in [7, 11) is 0. The van der Waals surface area contributed by atoms with Crippen molar-refractivity contribution in [1.82, 2.24) is 0 Å². The quantitative estimate of drug-likeness (QED) is 0.705. The van der Waals surface area contributed by atoms with Gasteiger partial charge in [0.25, 0.3) is 5.78 Å². The van der Waals surface area contributed by atoms with Crippen LogP contribution in [0.25, 0.3) is 0 Å². The Morgan fingerprint density at radius 2 is 1.75 bits per heavy atom. The highest BCUT2D eigenvalue weighted by Gasteiger charge is 2.39. The normalized spacial score (nSPS) is 11.9. The number of Topliss-reactive ketones (excluding diaryl/α,β-unsaturated/α-hetero) is 1. The van der Waals surface area contributed by atoms with Crippen molar-refractivity contribution in [2.24, 2.45) is 0 Å². The maximum atomic E-state index is 12.2. The number of ketones is 1. The predicted molar refractivity (Wildman–Crippen MR) is 55.7 cm³/mol. The Hall–Kier alpha value is -1.32. The topological polar surface area (TPSA) is 17.1 Å². The smallest absolute Gasteiger partial charge is 0.284 e. The molecule has 0 fully saturated rings. The molecule has 1 rings (SSSR count). The molecular formula is C12H13F3O. The van der Waals surface area contributed by atoms with E-state index in [4.69, 9.17) is 0 Å². The minimum atomic E-state index is -4.80. The second-order valence-electron chi connectivity index (χ2n) is 4.11. The number of carbonyl (C=O) groups is 1. The molecule has 1 nitrogen and oxygen atoms in total. The first kappa shape index (κ1) is 12.7. The highest BCUT2D eigenvalue weighted by Crippen LogP contribution is 2.25. The predicted octanol–water partition coefficient (Wildman–Crippen LogP) is 3.86. The summed E-state index contributed by atoms with van der Waals surface area (Å²) in [6.07, 6.45) is -4.80. The first-order valence-corrected chi connectivity index (χ1v) is 4.95. The van der Waals surface area contributed by atoms with Crippen molar-refractivity contribution in [3.8, 4) is 0 Å². The average molecular weight is 230 g/mol. The molecule has 4 heteroatoms. The molecule has 0 N–H and O–H groups in total. The first-order chi connectivity index (χ1) is 7.21. The van der Waals surface area contributed by atoms with E-state index in [-0.39, 0.29) is 11.5 Å². The van der Waals surface area contributed by atoms with Crippen molar-refractivity contribution < 1.29 is 18.0 Å². The van der Waals surface area contributed by atoms with Gasteiger partial charge in [0.05, 0.1) is 0 Å². The molecule has 16 heavy (non-hydrogen) atoms. The van der Waals surface area contributed by atoms with Crippen LogP contribution in [-0.4, -0.2) is 12.0 Å². The lowest BCUT2D eigenvalue weighted by Gasteiger charge is -2.11. The molecule has 0 bridgehead atoms. The molecule has 88 valence electrons. The Balaban J connectivity index is 3.20. The zero-order valence-electron chi connectivity index (χ0n) is 9.35. The molecule has 0 aliphatic carbocycles. The number of hydrogen-bond acceptors (Lipinski definition) is 1. The van der Waals surface area contributed by atoms with E-state index in [0.717, 1.165) is 5.56 Å². The van der Waals surface area contributed by atoms with Crippen LogP contribution >= 0.6 is 0 Å². The molecular weight excluding hydrogens is 217 g/mol. The van der Waals surface area contributed by atoms with E-state index in [1.807, 2.05) is 13.8 Å².